The molecular formula is C18H14BrN3O. The molecule has 0 atom stereocenters. The van der Waals surface area contributed by atoms with E-state index in [2.05, 4.69) is 21.0 Å². The third-order valence-corrected chi connectivity index (χ3v) is 3.84. The quantitative estimate of drug-likeness (QED) is 0.712. The molecule has 1 amide bonds. The minimum Gasteiger partial charge on any atom is -0.366 e. The fraction of sp³-hybridized carbons (Fsp3) is 0. The minimum atomic E-state index is -0.487. The Balaban J connectivity index is 2.10. The molecule has 4 nitrogen and oxygen atoms in total. The fourth-order valence-corrected chi connectivity index (χ4v) is 2.49. The van der Waals surface area contributed by atoms with Crippen molar-refractivity contribution < 1.29 is 4.79 Å². The normalized spacial score (nSPS) is 11.0. The van der Waals surface area contributed by atoms with E-state index < -0.39 is 5.91 Å². The van der Waals surface area contributed by atoms with Gasteiger partial charge in [-0.2, -0.15) is 5.10 Å². The molecule has 0 saturated carbocycles. The van der Waals surface area contributed by atoms with Crippen LogP contribution in [-0.2, 0) is 4.79 Å². The minimum absolute atomic E-state index is 0.487. The van der Waals surface area contributed by atoms with Crippen LogP contribution in [0.1, 0.15) is 5.56 Å². The second-order valence-corrected chi connectivity index (χ2v) is 5.87. The number of nitrogens with zero attached hydrogens (tertiary/aromatic N) is 2. The Morgan fingerprint density at radius 1 is 1.09 bits per heavy atom. The molecule has 1 aromatic heterocycles. The molecule has 3 rings (SSSR count). The molecule has 0 saturated heterocycles. The largest absolute Gasteiger partial charge is 0.366 e. The van der Waals surface area contributed by atoms with Gasteiger partial charge in [-0.1, -0.05) is 46.3 Å². The molecule has 5 heteroatoms. The number of halogens is 1. The first-order valence-electron chi connectivity index (χ1n) is 7.02. The number of nitrogens with two attached hydrogens (primary N) is 1. The van der Waals surface area contributed by atoms with E-state index >= 15 is 0 Å². The van der Waals surface area contributed by atoms with Gasteiger partial charge >= 0.3 is 0 Å². The SMILES string of the molecule is NC(=O)/C=C/c1cn(-c2ccccc2)nc1-c1ccc(Br)cc1. The van der Waals surface area contributed by atoms with Crippen molar-refractivity contribution in [3.05, 3.63) is 76.9 Å². The highest BCUT2D eigenvalue weighted by Crippen LogP contribution is 2.26. The number of rotatable bonds is 4. The summed E-state index contributed by atoms with van der Waals surface area (Å²) < 4.78 is 2.79. The molecule has 0 spiro atoms. The number of carbonyl (C=O) groups excluding carboxylic acids is 1. The van der Waals surface area contributed by atoms with Crippen LogP contribution in [0.2, 0.25) is 0 Å². The van der Waals surface area contributed by atoms with Gasteiger partial charge in [0.2, 0.25) is 5.91 Å². The van der Waals surface area contributed by atoms with Gasteiger partial charge in [-0.3, -0.25) is 4.79 Å². The van der Waals surface area contributed by atoms with Crippen LogP contribution in [-0.4, -0.2) is 15.7 Å². The molecule has 0 aliphatic carbocycles. The zero-order valence-corrected chi connectivity index (χ0v) is 13.8. The Kier molecular flexibility index (Phi) is 4.39. The van der Waals surface area contributed by atoms with Gasteiger partial charge in [-0.05, 0) is 30.3 Å². The Morgan fingerprint density at radius 3 is 2.43 bits per heavy atom. The molecule has 23 heavy (non-hydrogen) atoms. The Bertz CT molecular complexity index is 852. The number of primary amides is 1. The van der Waals surface area contributed by atoms with Gasteiger partial charge < -0.3 is 5.73 Å². The highest BCUT2D eigenvalue weighted by atomic mass is 79.9. The molecule has 3 aromatic rings. The molecule has 2 N–H and O–H groups in total. The van der Waals surface area contributed by atoms with Crippen LogP contribution in [0.15, 0.2) is 71.3 Å². The van der Waals surface area contributed by atoms with Crippen molar-refractivity contribution >= 4 is 27.9 Å². The lowest BCUT2D eigenvalue weighted by Gasteiger charge is -2.00. The van der Waals surface area contributed by atoms with Crippen molar-refractivity contribution in [2.75, 3.05) is 0 Å². The van der Waals surface area contributed by atoms with Crippen molar-refractivity contribution in [2.24, 2.45) is 5.73 Å². The second-order valence-electron chi connectivity index (χ2n) is 4.96. The zero-order valence-electron chi connectivity index (χ0n) is 12.2. The van der Waals surface area contributed by atoms with E-state index in [9.17, 15) is 4.79 Å². The molecular weight excluding hydrogens is 354 g/mol. The third kappa shape index (κ3) is 3.57. The van der Waals surface area contributed by atoms with Gasteiger partial charge in [0.15, 0.2) is 0 Å². The van der Waals surface area contributed by atoms with E-state index in [1.54, 1.807) is 10.8 Å². The molecule has 0 aliphatic rings. The Hall–Kier alpha value is -2.66. The van der Waals surface area contributed by atoms with Crippen LogP contribution in [0.5, 0.6) is 0 Å². The molecule has 0 unspecified atom stereocenters. The van der Waals surface area contributed by atoms with Crippen LogP contribution < -0.4 is 5.73 Å². The van der Waals surface area contributed by atoms with Crippen molar-refractivity contribution in [3.63, 3.8) is 0 Å². The summed E-state index contributed by atoms with van der Waals surface area (Å²) in [6, 6.07) is 17.7. The molecule has 0 bridgehead atoms. The molecule has 0 aliphatic heterocycles. The van der Waals surface area contributed by atoms with Gasteiger partial charge in [0.05, 0.1) is 11.4 Å². The Morgan fingerprint density at radius 2 is 1.78 bits per heavy atom. The number of aromatic nitrogens is 2. The maximum absolute atomic E-state index is 11.0. The highest BCUT2D eigenvalue weighted by Gasteiger charge is 2.10. The number of benzene rings is 2. The second kappa shape index (κ2) is 6.62. The summed E-state index contributed by atoms with van der Waals surface area (Å²) in [4.78, 5) is 11.0. The monoisotopic (exact) mass is 367 g/mol. The van der Waals surface area contributed by atoms with Crippen molar-refractivity contribution in [1.82, 2.24) is 9.78 Å². The van der Waals surface area contributed by atoms with Gasteiger partial charge in [-0.25, -0.2) is 4.68 Å². The van der Waals surface area contributed by atoms with E-state index in [1.165, 1.54) is 6.08 Å². The molecule has 114 valence electrons. The predicted molar refractivity (Wildman–Crippen MR) is 94.9 cm³/mol. The number of amides is 1. The lowest BCUT2D eigenvalue weighted by atomic mass is 10.1. The molecule has 2 aromatic carbocycles. The first-order chi connectivity index (χ1) is 11.1. The number of hydrogen-bond acceptors (Lipinski definition) is 2. The van der Waals surface area contributed by atoms with Gasteiger partial charge in [0.25, 0.3) is 0 Å². The highest BCUT2D eigenvalue weighted by molar-refractivity contribution is 9.10. The van der Waals surface area contributed by atoms with Gasteiger partial charge in [0, 0.05) is 27.9 Å². The Labute approximate surface area is 142 Å². The molecule has 0 fully saturated rings. The first kappa shape index (κ1) is 15.2. The lowest BCUT2D eigenvalue weighted by molar-refractivity contribution is -0.113. The summed E-state index contributed by atoms with van der Waals surface area (Å²) in [6.45, 7) is 0. The van der Waals surface area contributed by atoms with E-state index in [0.717, 1.165) is 27.0 Å². The van der Waals surface area contributed by atoms with E-state index in [4.69, 9.17) is 5.73 Å². The van der Waals surface area contributed by atoms with Crippen molar-refractivity contribution in [2.45, 2.75) is 0 Å². The summed E-state index contributed by atoms with van der Waals surface area (Å²) in [7, 11) is 0. The molecule has 0 radical (unpaired) electrons. The van der Waals surface area contributed by atoms with Crippen LogP contribution in [0.25, 0.3) is 23.0 Å². The number of carbonyl (C=O) groups is 1. The van der Waals surface area contributed by atoms with E-state index in [1.807, 2.05) is 60.8 Å². The van der Waals surface area contributed by atoms with Gasteiger partial charge in [0.1, 0.15) is 0 Å². The van der Waals surface area contributed by atoms with E-state index in [0.29, 0.717) is 0 Å². The molecule has 1 heterocycles. The third-order valence-electron chi connectivity index (χ3n) is 3.31. The van der Waals surface area contributed by atoms with Gasteiger partial charge in [-0.15, -0.1) is 0 Å². The van der Waals surface area contributed by atoms with Crippen molar-refractivity contribution in [1.29, 1.82) is 0 Å². The number of hydrogen-bond donors (Lipinski definition) is 1. The number of para-hydroxylation sites is 1. The van der Waals surface area contributed by atoms with Crippen LogP contribution in [0.4, 0.5) is 0 Å². The van der Waals surface area contributed by atoms with Crippen LogP contribution in [0.3, 0.4) is 0 Å². The fourth-order valence-electron chi connectivity index (χ4n) is 2.23. The zero-order chi connectivity index (χ0) is 16.2. The average Bonchev–Trinajstić information content (AvgIpc) is 2.99. The maximum atomic E-state index is 11.0. The summed E-state index contributed by atoms with van der Waals surface area (Å²) in [5, 5.41) is 4.66. The topological polar surface area (TPSA) is 60.9 Å². The average molecular weight is 368 g/mol. The maximum Gasteiger partial charge on any atom is 0.241 e. The summed E-state index contributed by atoms with van der Waals surface area (Å²) in [6.07, 6.45) is 4.91. The first-order valence-corrected chi connectivity index (χ1v) is 7.81. The summed E-state index contributed by atoms with van der Waals surface area (Å²) in [5.74, 6) is -0.487. The summed E-state index contributed by atoms with van der Waals surface area (Å²) in [5.41, 5.74) is 8.74. The lowest BCUT2D eigenvalue weighted by Crippen LogP contribution is -2.05. The standard InChI is InChI=1S/C18H14BrN3O/c19-15-9-6-13(7-10-15)18-14(8-11-17(20)23)12-22(21-18)16-4-2-1-3-5-16/h1-12H,(H2,20,23)/b11-8+. The predicted octanol–water partition coefficient (Wildman–Crippen LogP) is 3.80. The van der Waals surface area contributed by atoms with Crippen LogP contribution in [0, 0.1) is 0 Å². The van der Waals surface area contributed by atoms with E-state index in [-0.39, 0.29) is 0 Å². The summed E-state index contributed by atoms with van der Waals surface area (Å²) >= 11 is 3.43. The smallest absolute Gasteiger partial charge is 0.241 e. The van der Waals surface area contributed by atoms with Crippen molar-refractivity contribution in [3.8, 4) is 16.9 Å². The van der Waals surface area contributed by atoms with Crippen LogP contribution >= 0.6 is 15.9 Å².